The van der Waals surface area contributed by atoms with Crippen molar-refractivity contribution in [2.24, 2.45) is 10.8 Å². The molecule has 2 fully saturated rings. The highest BCUT2D eigenvalue weighted by atomic mass is 32.2. The third-order valence-corrected chi connectivity index (χ3v) is 10.00. The van der Waals surface area contributed by atoms with E-state index in [1.165, 1.54) is 51.4 Å². The van der Waals surface area contributed by atoms with Gasteiger partial charge in [0.25, 0.3) is 0 Å². The van der Waals surface area contributed by atoms with Crippen molar-refractivity contribution in [2.75, 3.05) is 0 Å². The van der Waals surface area contributed by atoms with E-state index in [1.54, 1.807) is 35.4 Å². The maximum Gasteiger partial charge on any atom is 0.206 e. The van der Waals surface area contributed by atoms with Crippen LogP contribution in [0.5, 0.6) is 0 Å². The van der Waals surface area contributed by atoms with Crippen molar-refractivity contribution in [3.8, 4) is 0 Å². The summed E-state index contributed by atoms with van der Waals surface area (Å²) in [5, 5.41) is 0. The zero-order valence-electron chi connectivity index (χ0n) is 22.1. The van der Waals surface area contributed by atoms with Crippen LogP contribution in [0.3, 0.4) is 0 Å². The number of rotatable bonds is 6. The summed E-state index contributed by atoms with van der Waals surface area (Å²) in [6.45, 7) is 9.41. The van der Waals surface area contributed by atoms with Crippen LogP contribution < -0.4 is 0 Å². The Kier molecular flexibility index (Phi) is 7.76. The molecule has 0 heterocycles. The second-order valence-corrected chi connectivity index (χ2v) is 14.2. The smallest absolute Gasteiger partial charge is 0.206 e. The van der Waals surface area contributed by atoms with Gasteiger partial charge in [-0.1, -0.05) is 75.3 Å². The highest BCUT2D eigenvalue weighted by molar-refractivity contribution is 7.91. The monoisotopic (exact) mass is 490 g/mol. The molecule has 2 saturated carbocycles. The molecule has 0 saturated heterocycles. The molecule has 2 aromatic carbocycles. The molecule has 0 amide bonds. The fourth-order valence-corrected chi connectivity index (χ4v) is 6.43. The van der Waals surface area contributed by atoms with Gasteiger partial charge in [0, 0.05) is 0 Å². The van der Waals surface area contributed by atoms with Crippen LogP contribution in [0.2, 0.25) is 0 Å². The molecule has 0 radical (unpaired) electrons. The maximum atomic E-state index is 13.2. The molecular weight excluding hydrogens is 448 g/mol. The molecule has 0 N–H and O–H groups in total. The van der Waals surface area contributed by atoms with Crippen molar-refractivity contribution in [3.05, 3.63) is 83.0 Å². The summed E-state index contributed by atoms with van der Waals surface area (Å²) in [7, 11) is -3.50. The topological polar surface area (TPSA) is 34.1 Å². The summed E-state index contributed by atoms with van der Waals surface area (Å²) in [5.41, 5.74) is 6.35. The van der Waals surface area contributed by atoms with E-state index in [-0.39, 0.29) is 0 Å². The Bertz CT molecular complexity index is 1060. The Labute approximate surface area is 213 Å². The third-order valence-electron chi connectivity index (χ3n) is 8.21. The molecule has 3 heteroatoms. The Morgan fingerprint density at radius 2 is 0.914 bits per heavy atom. The van der Waals surface area contributed by atoms with Crippen molar-refractivity contribution in [2.45, 2.75) is 102 Å². The summed E-state index contributed by atoms with van der Waals surface area (Å²) in [4.78, 5) is 0.737. The lowest BCUT2D eigenvalue weighted by molar-refractivity contribution is 0.278. The van der Waals surface area contributed by atoms with Gasteiger partial charge >= 0.3 is 0 Å². The number of hydrogen-bond donors (Lipinski definition) is 0. The predicted molar refractivity (Wildman–Crippen MR) is 146 cm³/mol. The highest BCUT2D eigenvalue weighted by Gasteiger charge is 2.24. The van der Waals surface area contributed by atoms with Crippen LogP contribution in [0.25, 0.3) is 0 Å². The Morgan fingerprint density at radius 3 is 1.23 bits per heavy atom. The molecule has 0 atom stereocenters. The van der Waals surface area contributed by atoms with E-state index >= 15 is 0 Å². The first-order valence-corrected chi connectivity index (χ1v) is 14.8. The molecule has 0 bridgehead atoms. The van der Waals surface area contributed by atoms with Gasteiger partial charge in [0.15, 0.2) is 0 Å². The SMILES string of the molecule is CC1(C)CCC(=CCc2ccc(S(=O)(=O)c3ccc(CC=C4CCC(C)(C)CC4)cc3)cc2)CC1. The molecule has 188 valence electrons. The zero-order chi connectivity index (χ0) is 25.1. The molecule has 2 aromatic rings. The van der Waals surface area contributed by atoms with Gasteiger partial charge in [-0.05, 0) is 110 Å². The van der Waals surface area contributed by atoms with Gasteiger partial charge in [0.05, 0.1) is 9.79 Å². The molecule has 0 spiro atoms. The predicted octanol–water partition coefficient (Wildman–Crippen LogP) is 8.66. The lowest BCUT2D eigenvalue weighted by Crippen LogP contribution is -2.16. The second kappa shape index (κ2) is 10.5. The fourth-order valence-electron chi connectivity index (χ4n) is 5.17. The summed E-state index contributed by atoms with van der Waals surface area (Å²) in [6.07, 6.45) is 16.2. The number of hydrogen-bond acceptors (Lipinski definition) is 2. The Morgan fingerprint density at radius 1 is 0.600 bits per heavy atom. The summed E-state index contributed by atoms with van der Waals surface area (Å²) >= 11 is 0. The van der Waals surface area contributed by atoms with Gasteiger partial charge in [-0.3, -0.25) is 0 Å². The van der Waals surface area contributed by atoms with Crippen LogP contribution in [0.4, 0.5) is 0 Å². The van der Waals surface area contributed by atoms with Crippen molar-refractivity contribution < 1.29 is 8.42 Å². The number of allylic oxidation sites excluding steroid dienone is 4. The van der Waals surface area contributed by atoms with Crippen LogP contribution in [0, 0.1) is 10.8 Å². The summed E-state index contributed by atoms with van der Waals surface area (Å²) < 4.78 is 26.3. The number of benzene rings is 2. The van der Waals surface area contributed by atoms with E-state index in [0.29, 0.717) is 20.6 Å². The average Bonchev–Trinajstić information content (AvgIpc) is 2.83. The molecule has 0 aromatic heterocycles. The Hall–Kier alpha value is -2.13. The van der Waals surface area contributed by atoms with Gasteiger partial charge in [0.2, 0.25) is 9.84 Å². The highest BCUT2D eigenvalue weighted by Crippen LogP contribution is 2.38. The standard InChI is InChI=1S/C32H42O2S/c1-31(2)21-17-27(18-22-31)7-5-25-9-13-29(14-10-25)35(33,34)30-15-11-26(12-16-30)6-8-28-19-23-32(3,4)24-20-28/h7-16H,5-6,17-24H2,1-4H3. The molecule has 2 nitrogen and oxygen atoms in total. The molecule has 2 aliphatic rings. The first-order valence-electron chi connectivity index (χ1n) is 13.3. The minimum absolute atomic E-state index is 0.369. The molecule has 2 aliphatic carbocycles. The van der Waals surface area contributed by atoms with Crippen LogP contribution >= 0.6 is 0 Å². The molecular formula is C32H42O2S. The van der Waals surface area contributed by atoms with Gasteiger partial charge in [0.1, 0.15) is 0 Å². The van der Waals surface area contributed by atoms with Gasteiger partial charge in [-0.15, -0.1) is 0 Å². The van der Waals surface area contributed by atoms with Crippen molar-refractivity contribution >= 4 is 9.84 Å². The van der Waals surface area contributed by atoms with Gasteiger partial charge < -0.3 is 0 Å². The van der Waals surface area contributed by atoms with E-state index in [1.807, 2.05) is 24.3 Å². The van der Waals surface area contributed by atoms with E-state index in [0.717, 1.165) is 24.0 Å². The van der Waals surface area contributed by atoms with Gasteiger partial charge in [-0.2, -0.15) is 0 Å². The molecule has 4 rings (SSSR count). The first kappa shape index (κ1) is 25.9. The third kappa shape index (κ3) is 6.97. The lowest BCUT2D eigenvalue weighted by atomic mass is 9.75. The van der Waals surface area contributed by atoms with Crippen LogP contribution in [0.15, 0.2) is 81.6 Å². The van der Waals surface area contributed by atoms with E-state index in [9.17, 15) is 8.42 Å². The normalized spacial score (nSPS) is 19.9. The van der Waals surface area contributed by atoms with Crippen LogP contribution in [-0.4, -0.2) is 8.42 Å². The van der Waals surface area contributed by atoms with E-state index in [4.69, 9.17) is 0 Å². The average molecular weight is 491 g/mol. The largest absolute Gasteiger partial charge is 0.219 e. The molecule has 0 aliphatic heterocycles. The minimum atomic E-state index is -3.50. The van der Waals surface area contributed by atoms with Crippen molar-refractivity contribution in [1.29, 1.82) is 0 Å². The quantitative estimate of drug-likeness (QED) is 0.380. The van der Waals surface area contributed by atoms with Crippen molar-refractivity contribution in [3.63, 3.8) is 0 Å². The van der Waals surface area contributed by atoms with Crippen LogP contribution in [0.1, 0.15) is 90.2 Å². The van der Waals surface area contributed by atoms with Crippen molar-refractivity contribution in [1.82, 2.24) is 0 Å². The lowest BCUT2D eigenvalue weighted by Gasteiger charge is -2.30. The Balaban J connectivity index is 1.36. The van der Waals surface area contributed by atoms with Gasteiger partial charge in [-0.25, -0.2) is 8.42 Å². The number of sulfone groups is 1. The molecule has 35 heavy (non-hydrogen) atoms. The van der Waals surface area contributed by atoms with E-state index in [2.05, 4.69) is 39.8 Å². The van der Waals surface area contributed by atoms with E-state index < -0.39 is 9.84 Å². The van der Waals surface area contributed by atoms with Crippen LogP contribution in [-0.2, 0) is 22.7 Å². The first-order chi connectivity index (χ1) is 16.5. The molecule has 0 unspecified atom stereocenters. The maximum absolute atomic E-state index is 13.2. The minimum Gasteiger partial charge on any atom is -0.219 e. The second-order valence-electron chi connectivity index (χ2n) is 12.3. The summed E-state index contributed by atoms with van der Waals surface area (Å²) in [5.74, 6) is 0. The fraction of sp³-hybridized carbons (Fsp3) is 0.500. The summed E-state index contributed by atoms with van der Waals surface area (Å²) in [6, 6.07) is 14.9. The zero-order valence-corrected chi connectivity index (χ0v) is 22.9.